The van der Waals surface area contributed by atoms with Gasteiger partial charge in [-0.3, -0.25) is 4.79 Å². The number of nitrogens with zero attached hydrogens (tertiary/aromatic N) is 1. The highest BCUT2D eigenvalue weighted by atomic mass is 16.6. The molecule has 6 nitrogen and oxygen atoms in total. The maximum Gasteiger partial charge on any atom is 0.410 e. The Morgan fingerprint density at radius 1 is 1.21 bits per heavy atom. The van der Waals surface area contributed by atoms with Crippen molar-refractivity contribution in [1.82, 2.24) is 4.90 Å². The molecule has 0 bridgehead atoms. The molecule has 1 aliphatic heterocycles. The standard InChI is InChI=1S/C18H27N3O3/c1-18(2,3)24-17(23)21-10-8-13(9-11-21)12-20-15-6-4-14(5-7-15)16(19)22/h4-7,13,20H,8-12H2,1-3H3,(H2,19,22). The van der Waals surface area contributed by atoms with Gasteiger partial charge in [-0.2, -0.15) is 0 Å². The highest BCUT2D eigenvalue weighted by molar-refractivity contribution is 5.93. The second-order valence-corrected chi connectivity index (χ2v) is 7.23. The molecule has 1 heterocycles. The largest absolute Gasteiger partial charge is 0.444 e. The summed E-state index contributed by atoms with van der Waals surface area (Å²) in [5, 5.41) is 3.38. The molecule has 0 saturated carbocycles. The fourth-order valence-corrected chi connectivity index (χ4v) is 2.66. The molecule has 2 amide bonds. The second kappa shape index (κ2) is 7.55. The summed E-state index contributed by atoms with van der Waals surface area (Å²) in [5.74, 6) is 0.0931. The molecule has 1 saturated heterocycles. The fraction of sp³-hybridized carbons (Fsp3) is 0.556. The molecule has 0 radical (unpaired) electrons. The van der Waals surface area contributed by atoms with Crippen molar-refractivity contribution in [2.45, 2.75) is 39.2 Å². The Balaban J connectivity index is 1.75. The van der Waals surface area contributed by atoms with E-state index in [2.05, 4.69) is 5.32 Å². The van der Waals surface area contributed by atoms with E-state index in [4.69, 9.17) is 10.5 Å². The van der Waals surface area contributed by atoms with Crippen LogP contribution in [0.3, 0.4) is 0 Å². The molecule has 0 atom stereocenters. The van der Waals surface area contributed by atoms with Crippen LogP contribution in [0, 0.1) is 5.92 Å². The summed E-state index contributed by atoms with van der Waals surface area (Å²) in [6.45, 7) is 7.93. The molecule has 0 aliphatic carbocycles. The molecule has 6 heteroatoms. The Hall–Kier alpha value is -2.24. The van der Waals surface area contributed by atoms with E-state index >= 15 is 0 Å². The van der Waals surface area contributed by atoms with Crippen molar-refractivity contribution in [3.05, 3.63) is 29.8 Å². The first kappa shape index (κ1) is 18.1. The van der Waals surface area contributed by atoms with Crippen LogP contribution >= 0.6 is 0 Å². The van der Waals surface area contributed by atoms with Crippen LogP contribution in [0.15, 0.2) is 24.3 Å². The number of hydrogen-bond donors (Lipinski definition) is 2. The molecule has 0 unspecified atom stereocenters. The van der Waals surface area contributed by atoms with Gasteiger partial charge in [-0.25, -0.2) is 4.79 Å². The Bertz CT molecular complexity index is 570. The van der Waals surface area contributed by atoms with Crippen LogP contribution < -0.4 is 11.1 Å². The molecule has 1 aromatic carbocycles. The van der Waals surface area contributed by atoms with Gasteiger partial charge in [0, 0.05) is 30.9 Å². The number of primary amides is 1. The lowest BCUT2D eigenvalue weighted by atomic mass is 9.97. The van der Waals surface area contributed by atoms with Crippen LogP contribution in [-0.2, 0) is 4.74 Å². The average molecular weight is 333 g/mol. The Kier molecular flexibility index (Phi) is 5.70. The van der Waals surface area contributed by atoms with Crippen molar-refractivity contribution in [1.29, 1.82) is 0 Å². The molecule has 24 heavy (non-hydrogen) atoms. The third kappa shape index (κ3) is 5.44. The Morgan fingerprint density at radius 2 is 1.79 bits per heavy atom. The molecule has 0 aromatic heterocycles. The minimum Gasteiger partial charge on any atom is -0.444 e. The summed E-state index contributed by atoms with van der Waals surface area (Å²) in [4.78, 5) is 24.9. The molecule has 1 aromatic rings. The number of nitrogens with one attached hydrogen (secondary N) is 1. The van der Waals surface area contributed by atoms with Crippen LogP contribution in [0.4, 0.5) is 10.5 Å². The first-order valence-electron chi connectivity index (χ1n) is 8.36. The lowest BCUT2D eigenvalue weighted by Crippen LogP contribution is -2.42. The highest BCUT2D eigenvalue weighted by Gasteiger charge is 2.26. The lowest BCUT2D eigenvalue weighted by Gasteiger charge is -2.33. The van der Waals surface area contributed by atoms with Gasteiger partial charge in [0.15, 0.2) is 0 Å². The predicted octanol–water partition coefficient (Wildman–Crippen LogP) is 2.84. The number of rotatable bonds is 4. The van der Waals surface area contributed by atoms with E-state index in [9.17, 15) is 9.59 Å². The summed E-state index contributed by atoms with van der Waals surface area (Å²) in [6.07, 6.45) is 1.67. The fourth-order valence-electron chi connectivity index (χ4n) is 2.66. The molecular formula is C18H27N3O3. The van der Waals surface area contributed by atoms with E-state index in [1.54, 1.807) is 17.0 Å². The Labute approximate surface area is 143 Å². The van der Waals surface area contributed by atoms with Crippen molar-refractivity contribution in [2.24, 2.45) is 11.7 Å². The van der Waals surface area contributed by atoms with Gasteiger partial charge in [0.05, 0.1) is 0 Å². The number of likely N-dealkylation sites (tertiary alicyclic amines) is 1. The predicted molar refractivity (Wildman–Crippen MR) is 94.0 cm³/mol. The van der Waals surface area contributed by atoms with Gasteiger partial charge in [-0.05, 0) is 63.8 Å². The first-order valence-corrected chi connectivity index (χ1v) is 8.36. The van der Waals surface area contributed by atoms with Gasteiger partial charge in [0.25, 0.3) is 0 Å². The maximum absolute atomic E-state index is 12.0. The van der Waals surface area contributed by atoms with E-state index in [0.717, 1.165) is 38.2 Å². The number of carbonyl (C=O) groups is 2. The van der Waals surface area contributed by atoms with Crippen molar-refractivity contribution in [2.75, 3.05) is 25.0 Å². The van der Waals surface area contributed by atoms with Crippen LogP contribution in [0.25, 0.3) is 0 Å². The molecule has 1 aliphatic rings. The highest BCUT2D eigenvalue weighted by Crippen LogP contribution is 2.20. The van der Waals surface area contributed by atoms with E-state index < -0.39 is 11.5 Å². The number of benzene rings is 1. The quantitative estimate of drug-likeness (QED) is 0.887. The molecule has 0 spiro atoms. The van der Waals surface area contributed by atoms with E-state index in [1.807, 2.05) is 32.9 Å². The van der Waals surface area contributed by atoms with Crippen molar-refractivity contribution in [3.63, 3.8) is 0 Å². The van der Waals surface area contributed by atoms with Gasteiger partial charge in [0.1, 0.15) is 5.60 Å². The third-order valence-electron chi connectivity index (χ3n) is 4.03. The number of piperidine rings is 1. The molecule has 3 N–H and O–H groups in total. The summed E-state index contributed by atoms with van der Waals surface area (Å²) in [6, 6.07) is 7.15. The number of nitrogens with two attached hydrogens (primary N) is 1. The smallest absolute Gasteiger partial charge is 0.410 e. The molecule has 2 rings (SSSR count). The van der Waals surface area contributed by atoms with Crippen LogP contribution in [0.5, 0.6) is 0 Å². The molecule has 132 valence electrons. The zero-order valence-electron chi connectivity index (χ0n) is 14.7. The van der Waals surface area contributed by atoms with E-state index in [-0.39, 0.29) is 6.09 Å². The summed E-state index contributed by atoms with van der Waals surface area (Å²) < 4.78 is 5.41. The summed E-state index contributed by atoms with van der Waals surface area (Å²) in [7, 11) is 0. The van der Waals surface area contributed by atoms with Crippen molar-refractivity contribution < 1.29 is 14.3 Å². The summed E-state index contributed by atoms with van der Waals surface area (Å²) in [5.41, 5.74) is 6.25. The van der Waals surface area contributed by atoms with Crippen molar-refractivity contribution in [3.8, 4) is 0 Å². The van der Waals surface area contributed by atoms with Gasteiger partial charge >= 0.3 is 6.09 Å². The third-order valence-corrected chi connectivity index (χ3v) is 4.03. The number of amides is 2. The first-order chi connectivity index (χ1) is 11.2. The normalized spacial score (nSPS) is 15.9. The summed E-state index contributed by atoms with van der Waals surface area (Å²) >= 11 is 0. The topological polar surface area (TPSA) is 84.7 Å². The number of carbonyl (C=O) groups excluding carboxylic acids is 2. The van der Waals surface area contributed by atoms with Crippen LogP contribution in [0.2, 0.25) is 0 Å². The van der Waals surface area contributed by atoms with Gasteiger partial charge in [-0.15, -0.1) is 0 Å². The van der Waals surface area contributed by atoms with Gasteiger partial charge in [0.2, 0.25) is 5.91 Å². The Morgan fingerprint density at radius 3 is 2.29 bits per heavy atom. The maximum atomic E-state index is 12.0. The number of anilines is 1. The lowest BCUT2D eigenvalue weighted by molar-refractivity contribution is 0.0188. The van der Waals surface area contributed by atoms with E-state index in [1.165, 1.54) is 0 Å². The zero-order chi connectivity index (χ0) is 17.7. The molecular weight excluding hydrogens is 306 g/mol. The number of hydrogen-bond acceptors (Lipinski definition) is 4. The average Bonchev–Trinajstić information content (AvgIpc) is 2.52. The minimum absolute atomic E-state index is 0.226. The monoisotopic (exact) mass is 333 g/mol. The van der Waals surface area contributed by atoms with E-state index in [0.29, 0.717) is 11.5 Å². The minimum atomic E-state index is -0.452. The zero-order valence-corrected chi connectivity index (χ0v) is 14.7. The molecule has 1 fully saturated rings. The van der Waals surface area contributed by atoms with Crippen LogP contribution in [-0.4, -0.2) is 42.1 Å². The second-order valence-electron chi connectivity index (χ2n) is 7.23. The van der Waals surface area contributed by atoms with Crippen LogP contribution in [0.1, 0.15) is 44.0 Å². The van der Waals surface area contributed by atoms with Crippen molar-refractivity contribution >= 4 is 17.7 Å². The SMILES string of the molecule is CC(C)(C)OC(=O)N1CCC(CNc2ccc(C(N)=O)cc2)CC1. The van der Waals surface area contributed by atoms with Gasteiger partial charge in [-0.1, -0.05) is 0 Å². The number of ether oxygens (including phenoxy) is 1. The van der Waals surface area contributed by atoms with Gasteiger partial charge < -0.3 is 20.7 Å².